The summed E-state index contributed by atoms with van der Waals surface area (Å²) in [6.45, 7) is 3.74. The average Bonchev–Trinajstić information content (AvgIpc) is 2.53. The van der Waals surface area contributed by atoms with E-state index in [1.165, 1.54) is 4.31 Å². The van der Waals surface area contributed by atoms with Gasteiger partial charge in [0.1, 0.15) is 0 Å². The van der Waals surface area contributed by atoms with E-state index in [0.29, 0.717) is 11.3 Å². The molecule has 0 heterocycles. The van der Waals surface area contributed by atoms with E-state index in [4.69, 9.17) is 0 Å². The van der Waals surface area contributed by atoms with Gasteiger partial charge >= 0.3 is 0 Å². The van der Waals surface area contributed by atoms with E-state index in [-0.39, 0.29) is 6.04 Å². The topological polar surface area (TPSA) is 37.4 Å². The van der Waals surface area contributed by atoms with Gasteiger partial charge in [0.05, 0.1) is 10.9 Å². The molecule has 0 aliphatic rings. The molecule has 0 bridgehead atoms. The first-order valence-electron chi connectivity index (χ1n) is 6.76. The third-order valence-corrected chi connectivity index (χ3v) is 5.31. The second-order valence-electron chi connectivity index (χ2n) is 4.79. The van der Waals surface area contributed by atoms with Crippen molar-refractivity contribution in [3.8, 4) is 0 Å². The molecule has 4 heteroatoms. The fourth-order valence-corrected chi connectivity index (χ4v) is 3.63. The Morgan fingerprint density at radius 2 is 1.57 bits per heavy atom. The molecule has 0 radical (unpaired) electrons. The van der Waals surface area contributed by atoms with Crippen molar-refractivity contribution in [3.63, 3.8) is 0 Å². The smallest absolute Gasteiger partial charge is 0.207 e. The Kier molecular flexibility index (Phi) is 4.94. The molecule has 0 spiro atoms. The van der Waals surface area contributed by atoms with Gasteiger partial charge in [-0.1, -0.05) is 54.6 Å². The minimum absolute atomic E-state index is 0.256. The molecule has 110 valence electrons. The summed E-state index contributed by atoms with van der Waals surface area (Å²) in [7, 11) is -1.91. The predicted octanol–water partition coefficient (Wildman–Crippen LogP) is 3.62. The molecule has 1 unspecified atom stereocenters. The second kappa shape index (κ2) is 6.70. The van der Waals surface area contributed by atoms with Gasteiger partial charge < -0.3 is 0 Å². The van der Waals surface area contributed by atoms with Crippen molar-refractivity contribution in [1.82, 2.24) is 4.31 Å². The van der Waals surface area contributed by atoms with Gasteiger partial charge in [-0.15, -0.1) is 6.58 Å². The molecule has 2 aromatic rings. The number of hydrogen-bond acceptors (Lipinski definition) is 2. The lowest BCUT2D eigenvalue weighted by molar-refractivity contribution is 0.378. The fourth-order valence-electron chi connectivity index (χ4n) is 2.25. The Labute approximate surface area is 126 Å². The lowest BCUT2D eigenvalue weighted by Gasteiger charge is -2.27. The van der Waals surface area contributed by atoms with Gasteiger partial charge in [-0.05, 0) is 24.1 Å². The fraction of sp³-hybridized carbons (Fsp3) is 0.176. The molecule has 2 rings (SSSR count). The first-order chi connectivity index (χ1) is 10.1. The van der Waals surface area contributed by atoms with E-state index in [1.807, 2.05) is 30.3 Å². The summed E-state index contributed by atoms with van der Waals surface area (Å²) in [5.41, 5.74) is 0.958. The molecule has 0 saturated heterocycles. The van der Waals surface area contributed by atoms with Crippen molar-refractivity contribution in [2.45, 2.75) is 17.4 Å². The van der Waals surface area contributed by atoms with Gasteiger partial charge in [0.25, 0.3) is 0 Å². The zero-order valence-electron chi connectivity index (χ0n) is 12.0. The predicted molar refractivity (Wildman–Crippen MR) is 85.4 cm³/mol. The van der Waals surface area contributed by atoms with Crippen LogP contribution in [0.3, 0.4) is 0 Å². The summed E-state index contributed by atoms with van der Waals surface area (Å²) in [4.78, 5) is 0.303. The van der Waals surface area contributed by atoms with Crippen molar-refractivity contribution in [3.05, 3.63) is 78.9 Å². The Bertz CT molecular complexity index is 681. The minimum Gasteiger partial charge on any atom is -0.207 e. The SMILES string of the molecule is C=CCC(c1ccccc1)N(C)S(=O)(=O)c1ccccc1. The quantitative estimate of drug-likeness (QED) is 0.764. The van der Waals surface area contributed by atoms with Crippen molar-refractivity contribution >= 4 is 10.0 Å². The Morgan fingerprint density at radius 3 is 2.10 bits per heavy atom. The van der Waals surface area contributed by atoms with Crippen molar-refractivity contribution in [2.24, 2.45) is 0 Å². The highest BCUT2D eigenvalue weighted by atomic mass is 32.2. The third-order valence-electron chi connectivity index (χ3n) is 3.43. The summed E-state index contributed by atoms with van der Waals surface area (Å²) in [5, 5.41) is 0. The molecular formula is C17H19NO2S. The Hall–Kier alpha value is -1.91. The normalized spacial score (nSPS) is 13.0. The van der Waals surface area contributed by atoms with Gasteiger partial charge in [-0.2, -0.15) is 4.31 Å². The van der Waals surface area contributed by atoms with E-state index in [1.54, 1.807) is 43.5 Å². The van der Waals surface area contributed by atoms with Crippen LogP contribution < -0.4 is 0 Å². The molecule has 0 aliphatic carbocycles. The zero-order chi connectivity index (χ0) is 15.3. The number of hydrogen-bond donors (Lipinski definition) is 0. The first-order valence-corrected chi connectivity index (χ1v) is 8.20. The maximum atomic E-state index is 12.7. The van der Waals surface area contributed by atoms with Gasteiger partial charge in [-0.3, -0.25) is 0 Å². The molecule has 0 aliphatic heterocycles. The molecule has 0 N–H and O–H groups in total. The number of rotatable bonds is 6. The van der Waals surface area contributed by atoms with E-state index < -0.39 is 10.0 Å². The van der Waals surface area contributed by atoms with Crippen LogP contribution in [-0.2, 0) is 10.0 Å². The van der Waals surface area contributed by atoms with E-state index >= 15 is 0 Å². The zero-order valence-corrected chi connectivity index (χ0v) is 12.8. The highest BCUT2D eigenvalue weighted by molar-refractivity contribution is 7.89. The third kappa shape index (κ3) is 3.40. The summed E-state index contributed by atoms with van der Waals surface area (Å²) < 4.78 is 26.8. The van der Waals surface area contributed by atoms with Crippen LogP contribution in [0.15, 0.2) is 78.2 Å². The summed E-state index contributed by atoms with van der Waals surface area (Å²) >= 11 is 0. The standard InChI is InChI=1S/C17H19NO2S/c1-3-10-17(15-11-6-4-7-12-15)18(2)21(19,20)16-13-8-5-9-14-16/h3-9,11-14,17H,1,10H2,2H3. The Balaban J connectivity index is 2.39. The van der Waals surface area contributed by atoms with Crippen LogP contribution in [0.25, 0.3) is 0 Å². The van der Waals surface area contributed by atoms with E-state index in [2.05, 4.69) is 6.58 Å². The summed E-state index contributed by atoms with van der Waals surface area (Å²) in [6, 6.07) is 17.8. The average molecular weight is 301 g/mol. The lowest BCUT2D eigenvalue weighted by Crippen LogP contribution is -2.31. The second-order valence-corrected chi connectivity index (χ2v) is 6.78. The van der Waals surface area contributed by atoms with Crippen LogP contribution in [0.4, 0.5) is 0 Å². The van der Waals surface area contributed by atoms with Crippen LogP contribution in [-0.4, -0.2) is 19.8 Å². The summed E-state index contributed by atoms with van der Waals surface area (Å²) in [5.74, 6) is 0. The molecule has 0 saturated carbocycles. The van der Waals surface area contributed by atoms with Gasteiger partial charge in [0.15, 0.2) is 0 Å². The van der Waals surface area contributed by atoms with Gasteiger partial charge in [-0.25, -0.2) is 8.42 Å². The molecule has 0 fully saturated rings. The molecule has 0 amide bonds. The van der Waals surface area contributed by atoms with E-state index in [9.17, 15) is 8.42 Å². The van der Waals surface area contributed by atoms with Crippen molar-refractivity contribution in [2.75, 3.05) is 7.05 Å². The largest absolute Gasteiger partial charge is 0.243 e. The molecule has 1 atom stereocenters. The summed E-state index contributed by atoms with van der Waals surface area (Å²) in [6.07, 6.45) is 2.31. The van der Waals surface area contributed by atoms with Crippen LogP contribution >= 0.6 is 0 Å². The molecule has 3 nitrogen and oxygen atoms in total. The molecule has 0 aromatic heterocycles. The van der Waals surface area contributed by atoms with Crippen LogP contribution in [0.1, 0.15) is 18.0 Å². The minimum atomic E-state index is -3.52. The highest BCUT2D eigenvalue weighted by Crippen LogP contribution is 2.28. The van der Waals surface area contributed by atoms with Crippen molar-refractivity contribution < 1.29 is 8.42 Å². The van der Waals surface area contributed by atoms with Crippen LogP contribution in [0.2, 0.25) is 0 Å². The van der Waals surface area contributed by atoms with Gasteiger partial charge in [0.2, 0.25) is 10.0 Å². The van der Waals surface area contributed by atoms with Crippen molar-refractivity contribution in [1.29, 1.82) is 0 Å². The lowest BCUT2D eigenvalue weighted by atomic mass is 10.0. The number of benzene rings is 2. The maximum absolute atomic E-state index is 12.7. The van der Waals surface area contributed by atoms with Crippen LogP contribution in [0, 0.1) is 0 Å². The van der Waals surface area contributed by atoms with E-state index in [0.717, 1.165) is 5.56 Å². The highest BCUT2D eigenvalue weighted by Gasteiger charge is 2.28. The van der Waals surface area contributed by atoms with Crippen LogP contribution in [0.5, 0.6) is 0 Å². The maximum Gasteiger partial charge on any atom is 0.243 e. The molecule has 2 aromatic carbocycles. The first kappa shape index (κ1) is 15.5. The Morgan fingerprint density at radius 1 is 1.05 bits per heavy atom. The van der Waals surface area contributed by atoms with Gasteiger partial charge in [0, 0.05) is 7.05 Å². The molecule has 21 heavy (non-hydrogen) atoms. The number of nitrogens with zero attached hydrogens (tertiary/aromatic N) is 1. The number of sulfonamides is 1. The monoisotopic (exact) mass is 301 g/mol. The molecular weight excluding hydrogens is 282 g/mol.